The highest BCUT2D eigenvalue weighted by molar-refractivity contribution is 7.12. The molecule has 1 aliphatic rings. The Kier molecular flexibility index (Phi) is 4.53. The second-order valence-electron chi connectivity index (χ2n) is 4.02. The van der Waals surface area contributed by atoms with Gasteiger partial charge in [-0.3, -0.25) is 4.90 Å². The van der Waals surface area contributed by atoms with Gasteiger partial charge in [0, 0.05) is 19.6 Å². The fraction of sp³-hybridized carbons (Fsp3) is 0.583. The third kappa shape index (κ3) is 3.52. The molecule has 1 aromatic heterocycles. The summed E-state index contributed by atoms with van der Waals surface area (Å²) in [6.07, 6.45) is 0. The number of nitrogens with zero attached hydrogens (tertiary/aromatic N) is 1. The molecular formula is C12H17NO3S. The summed E-state index contributed by atoms with van der Waals surface area (Å²) in [7, 11) is 0. The normalized spacial score (nSPS) is 17.0. The Labute approximate surface area is 105 Å². The van der Waals surface area contributed by atoms with Crippen molar-refractivity contribution >= 4 is 17.3 Å². The minimum atomic E-state index is -0.203. The molecule has 5 heteroatoms. The molecule has 0 N–H and O–H groups in total. The van der Waals surface area contributed by atoms with Crippen molar-refractivity contribution < 1.29 is 14.3 Å². The minimum absolute atomic E-state index is 0.203. The van der Waals surface area contributed by atoms with Crippen LogP contribution in [0.2, 0.25) is 0 Å². The lowest BCUT2D eigenvalue weighted by atomic mass is 10.3. The number of hydrogen-bond donors (Lipinski definition) is 0. The lowest BCUT2D eigenvalue weighted by Gasteiger charge is -2.26. The molecule has 0 bridgehead atoms. The van der Waals surface area contributed by atoms with E-state index in [2.05, 4.69) is 4.90 Å². The number of esters is 1. The maximum absolute atomic E-state index is 11.7. The first-order chi connectivity index (χ1) is 8.27. The molecule has 0 spiro atoms. The monoisotopic (exact) mass is 255 g/mol. The third-order valence-electron chi connectivity index (χ3n) is 2.79. The van der Waals surface area contributed by atoms with E-state index in [9.17, 15) is 4.79 Å². The molecule has 2 heterocycles. The van der Waals surface area contributed by atoms with Crippen LogP contribution in [0.5, 0.6) is 0 Å². The average molecular weight is 255 g/mol. The van der Waals surface area contributed by atoms with Gasteiger partial charge >= 0.3 is 5.97 Å². The fourth-order valence-electron chi connectivity index (χ4n) is 1.74. The van der Waals surface area contributed by atoms with E-state index < -0.39 is 0 Å². The zero-order valence-electron chi connectivity index (χ0n) is 9.98. The molecule has 94 valence electrons. The topological polar surface area (TPSA) is 38.8 Å². The number of ether oxygens (including phenoxy) is 2. The second kappa shape index (κ2) is 6.14. The quantitative estimate of drug-likeness (QED) is 0.765. The minimum Gasteiger partial charge on any atom is -0.460 e. The lowest BCUT2D eigenvalue weighted by Crippen LogP contribution is -2.38. The second-order valence-corrected chi connectivity index (χ2v) is 4.94. The van der Waals surface area contributed by atoms with Crippen LogP contribution in [0, 0.1) is 6.92 Å². The van der Waals surface area contributed by atoms with Gasteiger partial charge in [0.25, 0.3) is 0 Å². The SMILES string of the molecule is Cc1ccsc1C(=O)OCCN1CCOCC1. The number of aryl methyl sites for hydroxylation is 1. The van der Waals surface area contributed by atoms with Crippen LogP contribution in [-0.2, 0) is 9.47 Å². The summed E-state index contributed by atoms with van der Waals surface area (Å²) in [5, 5.41) is 1.91. The first-order valence-electron chi connectivity index (χ1n) is 5.78. The first kappa shape index (κ1) is 12.5. The van der Waals surface area contributed by atoms with E-state index in [0.29, 0.717) is 11.5 Å². The highest BCUT2D eigenvalue weighted by Crippen LogP contribution is 2.16. The molecule has 17 heavy (non-hydrogen) atoms. The Hall–Kier alpha value is -0.910. The number of rotatable bonds is 4. The van der Waals surface area contributed by atoms with Gasteiger partial charge in [-0.25, -0.2) is 4.79 Å². The first-order valence-corrected chi connectivity index (χ1v) is 6.66. The number of thiophene rings is 1. The van der Waals surface area contributed by atoms with Crippen LogP contribution in [0.15, 0.2) is 11.4 Å². The maximum Gasteiger partial charge on any atom is 0.348 e. The van der Waals surface area contributed by atoms with Crippen LogP contribution in [0.25, 0.3) is 0 Å². The summed E-state index contributed by atoms with van der Waals surface area (Å²) >= 11 is 1.44. The van der Waals surface area contributed by atoms with Gasteiger partial charge in [0.05, 0.1) is 13.2 Å². The molecule has 0 amide bonds. The smallest absolute Gasteiger partial charge is 0.348 e. The van der Waals surface area contributed by atoms with E-state index in [1.807, 2.05) is 18.4 Å². The molecule has 0 saturated carbocycles. The van der Waals surface area contributed by atoms with Crippen molar-refractivity contribution in [3.05, 3.63) is 21.9 Å². The van der Waals surface area contributed by atoms with E-state index in [4.69, 9.17) is 9.47 Å². The zero-order valence-corrected chi connectivity index (χ0v) is 10.8. The number of hydrogen-bond acceptors (Lipinski definition) is 5. The molecule has 0 atom stereocenters. The van der Waals surface area contributed by atoms with Gasteiger partial charge in [-0.15, -0.1) is 11.3 Å². The molecule has 0 aliphatic carbocycles. The molecule has 0 unspecified atom stereocenters. The molecule has 1 fully saturated rings. The van der Waals surface area contributed by atoms with Crippen LogP contribution in [0.4, 0.5) is 0 Å². The van der Waals surface area contributed by atoms with Crippen molar-refractivity contribution in [2.45, 2.75) is 6.92 Å². The van der Waals surface area contributed by atoms with Crippen LogP contribution in [0.1, 0.15) is 15.2 Å². The summed E-state index contributed by atoms with van der Waals surface area (Å²) < 4.78 is 10.5. The van der Waals surface area contributed by atoms with Crippen molar-refractivity contribution in [3.63, 3.8) is 0 Å². The predicted octanol–water partition coefficient (Wildman–Crippen LogP) is 1.55. The molecule has 2 rings (SSSR count). The average Bonchev–Trinajstić information content (AvgIpc) is 2.77. The molecule has 1 saturated heterocycles. The summed E-state index contributed by atoms with van der Waals surface area (Å²) in [6, 6.07) is 1.93. The van der Waals surface area contributed by atoms with E-state index in [1.165, 1.54) is 11.3 Å². The van der Waals surface area contributed by atoms with Crippen LogP contribution in [0.3, 0.4) is 0 Å². The number of carbonyl (C=O) groups is 1. The third-order valence-corrected chi connectivity index (χ3v) is 3.79. The van der Waals surface area contributed by atoms with Crippen LogP contribution in [-0.4, -0.2) is 50.3 Å². The standard InChI is InChI=1S/C12H17NO3S/c1-10-2-9-17-11(10)12(14)16-8-5-13-3-6-15-7-4-13/h2,9H,3-8H2,1H3. The molecule has 1 aromatic rings. The lowest BCUT2D eigenvalue weighted by molar-refractivity contribution is 0.0197. The maximum atomic E-state index is 11.7. The van der Waals surface area contributed by atoms with Crippen molar-refractivity contribution in [1.82, 2.24) is 4.90 Å². The fourth-order valence-corrected chi connectivity index (χ4v) is 2.56. The Balaban J connectivity index is 1.71. The highest BCUT2D eigenvalue weighted by atomic mass is 32.1. The summed E-state index contributed by atoms with van der Waals surface area (Å²) in [6.45, 7) is 6.58. The number of morpholine rings is 1. The Morgan fingerprint density at radius 2 is 2.29 bits per heavy atom. The van der Waals surface area contributed by atoms with Crippen molar-refractivity contribution in [2.75, 3.05) is 39.5 Å². The van der Waals surface area contributed by atoms with Gasteiger partial charge in [-0.1, -0.05) is 0 Å². The van der Waals surface area contributed by atoms with Gasteiger partial charge in [-0.05, 0) is 23.9 Å². The summed E-state index contributed by atoms with van der Waals surface area (Å²) in [4.78, 5) is 14.7. The Bertz CT molecular complexity index is 372. The van der Waals surface area contributed by atoms with Gasteiger partial charge in [0.15, 0.2) is 0 Å². The zero-order chi connectivity index (χ0) is 12.1. The summed E-state index contributed by atoms with van der Waals surface area (Å²) in [5.41, 5.74) is 0.992. The number of carbonyl (C=O) groups excluding carboxylic acids is 1. The van der Waals surface area contributed by atoms with Gasteiger partial charge < -0.3 is 9.47 Å². The van der Waals surface area contributed by atoms with Gasteiger partial charge in [-0.2, -0.15) is 0 Å². The molecule has 0 aromatic carbocycles. The molecule has 0 radical (unpaired) electrons. The largest absolute Gasteiger partial charge is 0.460 e. The van der Waals surface area contributed by atoms with E-state index in [-0.39, 0.29) is 5.97 Å². The van der Waals surface area contributed by atoms with Crippen molar-refractivity contribution in [1.29, 1.82) is 0 Å². The van der Waals surface area contributed by atoms with E-state index in [1.54, 1.807) is 0 Å². The summed E-state index contributed by atoms with van der Waals surface area (Å²) in [5.74, 6) is -0.203. The van der Waals surface area contributed by atoms with Gasteiger partial charge in [0.1, 0.15) is 11.5 Å². The Morgan fingerprint density at radius 3 is 2.94 bits per heavy atom. The molecular weight excluding hydrogens is 238 g/mol. The van der Waals surface area contributed by atoms with E-state index >= 15 is 0 Å². The van der Waals surface area contributed by atoms with Crippen molar-refractivity contribution in [2.24, 2.45) is 0 Å². The van der Waals surface area contributed by atoms with Crippen molar-refractivity contribution in [3.8, 4) is 0 Å². The Morgan fingerprint density at radius 1 is 1.53 bits per heavy atom. The molecule has 1 aliphatic heterocycles. The molecule has 4 nitrogen and oxygen atoms in total. The van der Waals surface area contributed by atoms with E-state index in [0.717, 1.165) is 38.4 Å². The highest BCUT2D eigenvalue weighted by Gasteiger charge is 2.14. The van der Waals surface area contributed by atoms with Crippen LogP contribution >= 0.6 is 11.3 Å². The predicted molar refractivity (Wildman–Crippen MR) is 66.6 cm³/mol. The van der Waals surface area contributed by atoms with Crippen LogP contribution < -0.4 is 0 Å². The van der Waals surface area contributed by atoms with Gasteiger partial charge in [0.2, 0.25) is 0 Å².